The Kier molecular flexibility index (Phi) is 3.05. The van der Waals surface area contributed by atoms with Crippen LogP contribution in [0.5, 0.6) is 5.75 Å². The lowest BCUT2D eigenvalue weighted by Crippen LogP contribution is -2.41. The number of hydrogen-bond donors (Lipinski definition) is 1. The summed E-state index contributed by atoms with van der Waals surface area (Å²) in [4.78, 5) is 6.03. The fourth-order valence-electron chi connectivity index (χ4n) is 2.70. The van der Waals surface area contributed by atoms with Crippen molar-refractivity contribution >= 4 is 11.2 Å². The zero-order valence-corrected chi connectivity index (χ0v) is 12.6. The Morgan fingerprint density at radius 1 is 0.957 bits per heavy atom. The molecule has 0 radical (unpaired) electrons. The minimum absolute atomic E-state index is 0.169. The molecule has 23 heavy (non-hydrogen) atoms. The maximum Gasteiger partial charge on any atom is 0.342 e. The van der Waals surface area contributed by atoms with Crippen LogP contribution >= 0.6 is 0 Å². The highest BCUT2D eigenvalue weighted by Gasteiger charge is 2.25. The van der Waals surface area contributed by atoms with Gasteiger partial charge in [0.25, 0.3) is 0 Å². The normalized spacial score (nSPS) is 11.0. The SMILES string of the molecule is Cc1ccccc1-[n+]1c2cccnc2nn1-c1ccccc1O. The summed E-state index contributed by atoms with van der Waals surface area (Å²) in [6.07, 6.45) is 1.71. The summed E-state index contributed by atoms with van der Waals surface area (Å²) in [5.41, 5.74) is 4.21. The largest absolute Gasteiger partial charge is 0.505 e. The quantitative estimate of drug-likeness (QED) is 0.579. The molecular formula is C18H15N4O+. The smallest absolute Gasteiger partial charge is 0.342 e. The van der Waals surface area contributed by atoms with E-state index in [9.17, 15) is 5.11 Å². The molecule has 0 aliphatic heterocycles. The van der Waals surface area contributed by atoms with Crippen LogP contribution in [0.15, 0.2) is 66.9 Å². The Bertz CT molecular complexity index is 1010. The van der Waals surface area contributed by atoms with Crippen LogP contribution in [0, 0.1) is 6.92 Å². The highest BCUT2D eigenvalue weighted by Crippen LogP contribution is 2.21. The van der Waals surface area contributed by atoms with Crippen molar-refractivity contribution in [3.05, 3.63) is 72.4 Å². The van der Waals surface area contributed by atoms with E-state index in [0.717, 1.165) is 16.8 Å². The second kappa shape index (κ2) is 5.21. The first-order valence-corrected chi connectivity index (χ1v) is 7.36. The molecule has 4 rings (SSSR count). The van der Waals surface area contributed by atoms with Gasteiger partial charge in [-0.2, -0.15) is 0 Å². The van der Waals surface area contributed by atoms with Gasteiger partial charge in [0.05, 0.1) is 5.10 Å². The van der Waals surface area contributed by atoms with Crippen LogP contribution in [-0.2, 0) is 0 Å². The summed E-state index contributed by atoms with van der Waals surface area (Å²) in [5, 5.41) is 14.8. The molecule has 0 saturated carbocycles. The minimum Gasteiger partial charge on any atom is -0.505 e. The average molecular weight is 303 g/mol. The fourth-order valence-corrected chi connectivity index (χ4v) is 2.70. The molecule has 2 heterocycles. The van der Waals surface area contributed by atoms with Crippen LogP contribution in [0.1, 0.15) is 5.56 Å². The van der Waals surface area contributed by atoms with E-state index < -0.39 is 0 Å². The molecule has 1 N–H and O–H groups in total. The third-order valence-corrected chi connectivity index (χ3v) is 3.81. The highest BCUT2D eigenvalue weighted by molar-refractivity contribution is 5.66. The molecule has 0 bridgehead atoms. The zero-order chi connectivity index (χ0) is 15.8. The van der Waals surface area contributed by atoms with Gasteiger partial charge in [-0.05, 0) is 42.8 Å². The second-order valence-corrected chi connectivity index (χ2v) is 5.32. The van der Waals surface area contributed by atoms with Gasteiger partial charge in [-0.3, -0.25) is 0 Å². The predicted octanol–water partition coefficient (Wildman–Crippen LogP) is 2.71. The van der Waals surface area contributed by atoms with Crippen molar-refractivity contribution in [1.82, 2.24) is 14.9 Å². The number of phenolic OH excluding ortho intramolecular Hbond substituents is 1. The number of phenols is 1. The third-order valence-electron chi connectivity index (χ3n) is 3.81. The minimum atomic E-state index is 0.169. The number of pyridine rings is 1. The van der Waals surface area contributed by atoms with Gasteiger partial charge >= 0.3 is 5.65 Å². The Labute approximate surface area is 133 Å². The van der Waals surface area contributed by atoms with Crippen molar-refractivity contribution in [3.8, 4) is 17.1 Å². The number of aromatic hydroxyl groups is 1. The van der Waals surface area contributed by atoms with E-state index in [1.807, 2.05) is 60.1 Å². The molecule has 5 nitrogen and oxygen atoms in total. The summed E-state index contributed by atoms with van der Waals surface area (Å²) >= 11 is 0. The number of aryl methyl sites for hydroxylation is 1. The van der Waals surface area contributed by atoms with Gasteiger partial charge in [-0.25, -0.2) is 4.98 Å². The van der Waals surface area contributed by atoms with Crippen molar-refractivity contribution in [1.29, 1.82) is 0 Å². The van der Waals surface area contributed by atoms with Gasteiger partial charge in [-0.1, -0.05) is 30.3 Å². The summed E-state index contributed by atoms with van der Waals surface area (Å²) in [5.74, 6) is 0.169. The van der Waals surface area contributed by atoms with Crippen LogP contribution < -0.4 is 4.68 Å². The molecule has 0 aliphatic carbocycles. The van der Waals surface area contributed by atoms with Crippen molar-refractivity contribution in [2.24, 2.45) is 0 Å². The van der Waals surface area contributed by atoms with Crippen LogP contribution in [0.3, 0.4) is 0 Å². The van der Waals surface area contributed by atoms with E-state index in [1.165, 1.54) is 0 Å². The summed E-state index contributed by atoms with van der Waals surface area (Å²) in [6, 6.07) is 19.1. The van der Waals surface area contributed by atoms with Gasteiger partial charge < -0.3 is 5.11 Å². The molecule has 0 spiro atoms. The first kappa shape index (κ1) is 13.5. The van der Waals surface area contributed by atoms with Crippen LogP contribution in [0.4, 0.5) is 0 Å². The second-order valence-electron chi connectivity index (χ2n) is 5.32. The zero-order valence-electron chi connectivity index (χ0n) is 12.6. The third kappa shape index (κ3) is 2.14. The van der Waals surface area contributed by atoms with E-state index in [1.54, 1.807) is 23.1 Å². The first-order chi connectivity index (χ1) is 11.3. The molecule has 0 unspecified atom stereocenters. The molecular weight excluding hydrogens is 288 g/mol. The van der Waals surface area contributed by atoms with Crippen molar-refractivity contribution in [2.75, 3.05) is 0 Å². The van der Waals surface area contributed by atoms with Gasteiger partial charge in [0.1, 0.15) is 5.75 Å². The average Bonchev–Trinajstić information content (AvgIpc) is 2.95. The lowest BCUT2D eigenvalue weighted by Gasteiger charge is -2.06. The molecule has 5 heteroatoms. The molecule has 4 aromatic rings. The number of aromatic nitrogens is 4. The Morgan fingerprint density at radius 3 is 2.57 bits per heavy atom. The molecule has 0 amide bonds. The summed E-state index contributed by atoms with van der Waals surface area (Å²) in [6.45, 7) is 2.05. The van der Waals surface area contributed by atoms with Gasteiger partial charge in [-0.15, -0.1) is 4.68 Å². The number of fused-ring (bicyclic) bond motifs is 1. The first-order valence-electron chi connectivity index (χ1n) is 7.36. The monoisotopic (exact) mass is 303 g/mol. The van der Waals surface area contributed by atoms with E-state index in [-0.39, 0.29) is 5.75 Å². The summed E-state index contributed by atoms with van der Waals surface area (Å²) < 4.78 is 1.96. The molecule has 0 saturated heterocycles. The maximum absolute atomic E-state index is 10.2. The van der Waals surface area contributed by atoms with E-state index in [2.05, 4.69) is 10.1 Å². The lowest BCUT2D eigenvalue weighted by molar-refractivity contribution is -0.655. The van der Waals surface area contributed by atoms with E-state index in [0.29, 0.717) is 11.3 Å². The molecule has 0 atom stereocenters. The van der Waals surface area contributed by atoms with Gasteiger partial charge in [0.15, 0.2) is 11.4 Å². The number of nitrogens with zero attached hydrogens (tertiary/aromatic N) is 4. The van der Waals surface area contributed by atoms with Crippen LogP contribution in [0.25, 0.3) is 22.5 Å². The molecule has 2 aromatic heterocycles. The molecule has 112 valence electrons. The molecule has 0 aliphatic rings. The van der Waals surface area contributed by atoms with E-state index >= 15 is 0 Å². The van der Waals surface area contributed by atoms with Crippen molar-refractivity contribution in [3.63, 3.8) is 0 Å². The van der Waals surface area contributed by atoms with Crippen molar-refractivity contribution in [2.45, 2.75) is 6.92 Å². The van der Waals surface area contributed by atoms with E-state index in [4.69, 9.17) is 0 Å². The van der Waals surface area contributed by atoms with Crippen LogP contribution in [0.2, 0.25) is 0 Å². The van der Waals surface area contributed by atoms with Crippen molar-refractivity contribution < 1.29 is 9.79 Å². The standard InChI is InChI=1S/C18H14N4O/c1-13-7-2-3-8-14(13)21-16-10-6-12-19-18(16)20-22(21)15-9-4-5-11-17(15)23/h2-12H,1H3/p+1. The topological polar surface area (TPSA) is 54.8 Å². The number of para-hydroxylation sites is 3. The number of benzene rings is 2. The predicted molar refractivity (Wildman–Crippen MR) is 86.8 cm³/mol. The highest BCUT2D eigenvalue weighted by atomic mass is 16.3. The van der Waals surface area contributed by atoms with Gasteiger partial charge in [0, 0.05) is 11.0 Å². The Hall–Kier alpha value is -3.21. The maximum atomic E-state index is 10.2. The fraction of sp³-hybridized carbons (Fsp3) is 0.0556. The Morgan fingerprint density at radius 2 is 1.74 bits per heavy atom. The number of hydrogen-bond acceptors (Lipinski definition) is 3. The lowest BCUT2D eigenvalue weighted by atomic mass is 10.2. The summed E-state index contributed by atoms with van der Waals surface area (Å²) in [7, 11) is 0. The molecule has 0 fully saturated rings. The molecule has 2 aromatic carbocycles. The van der Waals surface area contributed by atoms with Crippen LogP contribution in [-0.4, -0.2) is 20.0 Å². The Balaban J connectivity index is 2.12. The van der Waals surface area contributed by atoms with Gasteiger partial charge in [0.2, 0.25) is 5.52 Å². The number of rotatable bonds is 2.